The number of halogens is 1. The average Bonchev–Trinajstić information content (AvgIpc) is 3.01. The van der Waals surface area contributed by atoms with Crippen LogP contribution in [0.1, 0.15) is 41.3 Å². The average molecular weight is 381 g/mol. The number of benzene rings is 1. The zero-order valence-electron chi connectivity index (χ0n) is 16.2. The van der Waals surface area contributed by atoms with Gasteiger partial charge < -0.3 is 19.8 Å². The van der Waals surface area contributed by atoms with Crippen molar-refractivity contribution >= 4 is 18.3 Å². The summed E-state index contributed by atoms with van der Waals surface area (Å²) in [5.74, 6) is 1.60. The van der Waals surface area contributed by atoms with E-state index in [9.17, 15) is 4.79 Å². The first-order valence-electron chi connectivity index (χ1n) is 8.46. The van der Waals surface area contributed by atoms with Crippen LogP contribution in [0.15, 0.2) is 34.7 Å². The van der Waals surface area contributed by atoms with Crippen LogP contribution in [0.5, 0.6) is 5.75 Å². The van der Waals surface area contributed by atoms with E-state index >= 15 is 0 Å². The highest BCUT2D eigenvalue weighted by molar-refractivity contribution is 5.91. The van der Waals surface area contributed by atoms with Gasteiger partial charge in [0.2, 0.25) is 0 Å². The van der Waals surface area contributed by atoms with Crippen molar-refractivity contribution in [2.45, 2.75) is 34.3 Å². The number of carbonyl (C=O) groups is 1. The molecule has 0 saturated carbocycles. The summed E-state index contributed by atoms with van der Waals surface area (Å²) in [5.41, 5.74) is 7.87. The molecule has 1 heterocycles. The second-order valence-corrected chi connectivity index (χ2v) is 7.35. The Kier molecular flexibility index (Phi) is 7.72. The van der Waals surface area contributed by atoms with Crippen molar-refractivity contribution in [2.24, 2.45) is 11.1 Å². The molecule has 6 heteroatoms. The lowest BCUT2D eigenvalue weighted by Crippen LogP contribution is -2.39. The quantitative estimate of drug-likeness (QED) is 0.789. The molecule has 1 aromatic heterocycles. The maximum Gasteiger partial charge on any atom is 0.289 e. The molecule has 0 spiro atoms. The van der Waals surface area contributed by atoms with Gasteiger partial charge in [0.05, 0.1) is 0 Å². The van der Waals surface area contributed by atoms with Crippen LogP contribution in [0.2, 0.25) is 0 Å². The van der Waals surface area contributed by atoms with Crippen LogP contribution in [0.3, 0.4) is 0 Å². The van der Waals surface area contributed by atoms with Gasteiger partial charge in [-0.2, -0.15) is 0 Å². The van der Waals surface area contributed by atoms with Crippen LogP contribution in [0.4, 0.5) is 0 Å². The minimum Gasteiger partial charge on any atom is -0.485 e. The Morgan fingerprint density at radius 1 is 1.23 bits per heavy atom. The van der Waals surface area contributed by atoms with Gasteiger partial charge in [-0.15, -0.1) is 12.4 Å². The third-order valence-electron chi connectivity index (χ3n) is 4.14. The highest BCUT2D eigenvalue weighted by atomic mass is 35.5. The third-order valence-corrected chi connectivity index (χ3v) is 4.14. The molecule has 0 aliphatic carbocycles. The Balaban J connectivity index is 0.00000338. The van der Waals surface area contributed by atoms with Crippen molar-refractivity contribution in [2.75, 3.05) is 20.1 Å². The molecule has 0 radical (unpaired) electrons. The van der Waals surface area contributed by atoms with Gasteiger partial charge in [0.1, 0.15) is 18.1 Å². The Hall–Kier alpha value is -1.98. The lowest BCUT2D eigenvalue weighted by molar-refractivity contribution is 0.0705. The molecular weight excluding hydrogens is 352 g/mol. The minimum atomic E-state index is -0.153. The molecule has 1 amide bonds. The maximum absolute atomic E-state index is 12.5. The lowest BCUT2D eigenvalue weighted by atomic mass is 9.93. The summed E-state index contributed by atoms with van der Waals surface area (Å²) < 4.78 is 11.4. The second-order valence-electron chi connectivity index (χ2n) is 7.35. The fourth-order valence-electron chi connectivity index (χ4n) is 2.65. The number of ether oxygens (including phenoxy) is 1. The number of hydrogen-bond acceptors (Lipinski definition) is 4. The van der Waals surface area contributed by atoms with E-state index < -0.39 is 0 Å². The van der Waals surface area contributed by atoms with Crippen molar-refractivity contribution in [1.29, 1.82) is 0 Å². The first-order valence-corrected chi connectivity index (χ1v) is 8.46. The molecule has 144 valence electrons. The largest absolute Gasteiger partial charge is 0.485 e. The van der Waals surface area contributed by atoms with Crippen molar-refractivity contribution in [3.05, 3.63) is 53.0 Å². The monoisotopic (exact) mass is 380 g/mol. The van der Waals surface area contributed by atoms with Crippen molar-refractivity contribution in [3.63, 3.8) is 0 Å². The molecule has 0 unspecified atom stereocenters. The van der Waals surface area contributed by atoms with Gasteiger partial charge in [-0.25, -0.2) is 0 Å². The fourth-order valence-corrected chi connectivity index (χ4v) is 2.65. The van der Waals surface area contributed by atoms with E-state index in [0.29, 0.717) is 24.6 Å². The zero-order chi connectivity index (χ0) is 18.6. The molecule has 0 bridgehead atoms. The Morgan fingerprint density at radius 3 is 2.54 bits per heavy atom. The zero-order valence-corrected chi connectivity index (χ0v) is 17.0. The van der Waals surface area contributed by atoms with E-state index in [1.807, 2.05) is 39.8 Å². The number of amides is 1. The molecule has 26 heavy (non-hydrogen) atoms. The predicted octanol–water partition coefficient (Wildman–Crippen LogP) is 3.95. The summed E-state index contributed by atoms with van der Waals surface area (Å²) in [7, 11) is 1.76. The number of rotatable bonds is 7. The molecule has 0 saturated heterocycles. The number of nitrogens with zero attached hydrogens (tertiary/aromatic N) is 1. The van der Waals surface area contributed by atoms with Crippen molar-refractivity contribution < 1.29 is 13.9 Å². The highest BCUT2D eigenvalue weighted by Gasteiger charge is 2.23. The van der Waals surface area contributed by atoms with Crippen LogP contribution in [0, 0.1) is 19.3 Å². The second kappa shape index (κ2) is 9.10. The summed E-state index contributed by atoms with van der Waals surface area (Å²) >= 11 is 0. The van der Waals surface area contributed by atoms with Crippen molar-refractivity contribution in [1.82, 2.24) is 4.90 Å². The third kappa shape index (κ3) is 5.78. The van der Waals surface area contributed by atoms with Gasteiger partial charge in [0.25, 0.3) is 5.91 Å². The van der Waals surface area contributed by atoms with Gasteiger partial charge in [-0.3, -0.25) is 4.79 Å². The smallest absolute Gasteiger partial charge is 0.289 e. The Morgan fingerprint density at radius 2 is 1.92 bits per heavy atom. The number of nitrogens with two attached hydrogens (primary N) is 1. The molecule has 0 atom stereocenters. The van der Waals surface area contributed by atoms with Crippen molar-refractivity contribution in [3.8, 4) is 5.75 Å². The van der Waals surface area contributed by atoms with E-state index in [-0.39, 0.29) is 30.3 Å². The number of aryl methyl sites for hydroxylation is 2. The molecule has 2 N–H and O–H groups in total. The first kappa shape index (κ1) is 22.1. The van der Waals surface area contributed by atoms with Crippen LogP contribution in [0.25, 0.3) is 0 Å². The Labute approximate surface area is 161 Å². The summed E-state index contributed by atoms with van der Waals surface area (Å²) in [4.78, 5) is 14.1. The summed E-state index contributed by atoms with van der Waals surface area (Å²) in [6, 6.07) is 9.49. The molecule has 0 aliphatic heterocycles. The summed E-state index contributed by atoms with van der Waals surface area (Å²) in [5, 5.41) is 0. The van der Waals surface area contributed by atoms with Gasteiger partial charge in [-0.1, -0.05) is 31.5 Å². The normalized spacial score (nSPS) is 11.0. The van der Waals surface area contributed by atoms with Crippen LogP contribution in [-0.4, -0.2) is 30.9 Å². The molecule has 2 rings (SSSR count). The maximum atomic E-state index is 12.5. The van der Waals surface area contributed by atoms with Crippen LogP contribution >= 0.6 is 12.4 Å². The number of furan rings is 1. The molecular formula is C20H29ClN2O3. The minimum absolute atomic E-state index is 0. The van der Waals surface area contributed by atoms with Gasteiger partial charge >= 0.3 is 0 Å². The molecule has 0 fully saturated rings. The van der Waals surface area contributed by atoms with Crippen LogP contribution in [-0.2, 0) is 6.61 Å². The molecule has 1 aromatic carbocycles. The van der Waals surface area contributed by atoms with Gasteiger partial charge in [0.15, 0.2) is 5.76 Å². The van der Waals surface area contributed by atoms with E-state index in [2.05, 4.69) is 6.07 Å². The van der Waals surface area contributed by atoms with Crippen LogP contribution < -0.4 is 10.5 Å². The highest BCUT2D eigenvalue weighted by Crippen LogP contribution is 2.21. The number of carbonyl (C=O) groups excluding carboxylic acids is 1. The molecule has 5 nitrogen and oxygen atoms in total. The predicted molar refractivity (Wildman–Crippen MR) is 106 cm³/mol. The van der Waals surface area contributed by atoms with E-state index in [1.165, 1.54) is 5.56 Å². The summed E-state index contributed by atoms with van der Waals surface area (Å²) in [6.07, 6.45) is 0. The molecule has 2 aromatic rings. The summed E-state index contributed by atoms with van der Waals surface area (Å²) in [6.45, 7) is 9.48. The standard InChI is InChI=1S/C20H28N2O3.ClH/c1-14-6-8-17(15(2)10-14)24-11-16-7-9-18(25-16)19(23)22(5)13-20(3,4)12-21;/h6-10H,11-13,21H2,1-5H3;1H. The SMILES string of the molecule is Cc1ccc(OCc2ccc(C(=O)N(C)CC(C)(C)CN)o2)c(C)c1.Cl. The molecule has 0 aliphatic rings. The van der Waals surface area contributed by atoms with E-state index in [0.717, 1.165) is 11.3 Å². The fraction of sp³-hybridized carbons (Fsp3) is 0.450. The number of hydrogen-bond donors (Lipinski definition) is 1. The first-order chi connectivity index (χ1) is 11.7. The van der Waals surface area contributed by atoms with E-state index in [4.69, 9.17) is 14.9 Å². The van der Waals surface area contributed by atoms with Gasteiger partial charge in [0, 0.05) is 13.6 Å². The topological polar surface area (TPSA) is 68.7 Å². The lowest BCUT2D eigenvalue weighted by Gasteiger charge is -2.28. The van der Waals surface area contributed by atoms with Gasteiger partial charge in [-0.05, 0) is 49.6 Å². The Bertz CT molecular complexity index is 740. The van der Waals surface area contributed by atoms with E-state index in [1.54, 1.807) is 24.1 Å².